The molecular weight excluding hydrogens is 176 g/mol. The zero-order valence-electron chi connectivity index (χ0n) is 8.23. The van der Waals surface area contributed by atoms with Gasteiger partial charge in [-0.1, -0.05) is 30.3 Å². The summed E-state index contributed by atoms with van der Waals surface area (Å²) in [5.74, 6) is 0.105. The Labute approximate surface area is 83.6 Å². The highest BCUT2D eigenvalue weighted by molar-refractivity contribution is 5.85. The second-order valence-corrected chi connectivity index (χ2v) is 4.03. The summed E-state index contributed by atoms with van der Waals surface area (Å²) in [5.41, 5.74) is 0.377. The molecule has 0 bridgehead atoms. The van der Waals surface area contributed by atoms with E-state index in [9.17, 15) is 9.90 Å². The number of hydrogen-bond donors (Lipinski definition) is 1. The maximum atomic E-state index is 11.4. The molecule has 1 aliphatic rings. The molecule has 1 N–H and O–H groups in total. The summed E-state index contributed by atoms with van der Waals surface area (Å²) < 4.78 is 0. The van der Waals surface area contributed by atoms with Gasteiger partial charge in [0.15, 0.2) is 0 Å². The van der Waals surface area contributed by atoms with Gasteiger partial charge in [-0.05, 0) is 25.3 Å². The smallest absolute Gasteiger partial charge is 0.138 e. The zero-order valence-corrected chi connectivity index (χ0v) is 8.23. The van der Waals surface area contributed by atoms with Gasteiger partial charge in [0.25, 0.3) is 0 Å². The van der Waals surface area contributed by atoms with Gasteiger partial charge in [0.05, 0.1) is 11.5 Å². The average Bonchev–Trinajstić information content (AvgIpc) is 2.99. The molecule has 0 saturated heterocycles. The molecule has 14 heavy (non-hydrogen) atoms. The molecule has 1 saturated carbocycles. The van der Waals surface area contributed by atoms with Crippen LogP contribution < -0.4 is 0 Å². The van der Waals surface area contributed by atoms with Crippen LogP contribution in [0, 0.1) is 5.41 Å². The molecular formula is C12H14O2. The Morgan fingerprint density at radius 1 is 1.36 bits per heavy atom. The molecule has 1 unspecified atom stereocenters. The van der Waals surface area contributed by atoms with Crippen molar-refractivity contribution in [1.29, 1.82) is 0 Å². The van der Waals surface area contributed by atoms with Crippen molar-refractivity contribution in [3.63, 3.8) is 0 Å². The van der Waals surface area contributed by atoms with Crippen molar-refractivity contribution in [1.82, 2.24) is 0 Å². The molecule has 0 aromatic heterocycles. The van der Waals surface area contributed by atoms with Crippen LogP contribution in [-0.4, -0.2) is 10.9 Å². The lowest BCUT2D eigenvalue weighted by Gasteiger charge is -2.19. The van der Waals surface area contributed by atoms with Crippen LogP contribution in [0.25, 0.3) is 0 Å². The lowest BCUT2D eigenvalue weighted by atomic mass is 9.89. The summed E-state index contributed by atoms with van der Waals surface area (Å²) in [6, 6.07) is 9.41. The third kappa shape index (κ3) is 1.36. The lowest BCUT2D eigenvalue weighted by Crippen LogP contribution is -2.21. The number of carbonyl (C=O) groups is 1. The third-order valence-corrected chi connectivity index (χ3v) is 3.13. The molecule has 0 amide bonds. The van der Waals surface area contributed by atoms with E-state index in [2.05, 4.69) is 0 Å². The first-order valence-corrected chi connectivity index (χ1v) is 4.91. The summed E-state index contributed by atoms with van der Waals surface area (Å²) in [4.78, 5) is 11.4. The van der Waals surface area contributed by atoms with Crippen LogP contribution in [0.5, 0.6) is 0 Å². The van der Waals surface area contributed by atoms with Crippen molar-refractivity contribution in [2.24, 2.45) is 5.41 Å². The number of hydrogen-bond acceptors (Lipinski definition) is 2. The summed E-state index contributed by atoms with van der Waals surface area (Å²) in [6.45, 7) is 1.57. The third-order valence-electron chi connectivity index (χ3n) is 3.13. The van der Waals surface area contributed by atoms with Gasteiger partial charge in [-0.15, -0.1) is 0 Å². The number of aliphatic hydroxyl groups excluding tert-OH is 1. The van der Waals surface area contributed by atoms with Crippen LogP contribution in [0.2, 0.25) is 0 Å². The van der Waals surface area contributed by atoms with Gasteiger partial charge < -0.3 is 5.11 Å². The largest absolute Gasteiger partial charge is 0.387 e. The maximum Gasteiger partial charge on any atom is 0.138 e. The minimum Gasteiger partial charge on any atom is -0.387 e. The molecule has 1 fully saturated rings. The fraction of sp³-hybridized carbons (Fsp3) is 0.417. The quantitative estimate of drug-likeness (QED) is 0.792. The lowest BCUT2D eigenvalue weighted by molar-refractivity contribution is -0.126. The fourth-order valence-corrected chi connectivity index (χ4v) is 1.91. The number of benzene rings is 1. The molecule has 74 valence electrons. The molecule has 0 spiro atoms. The van der Waals surface area contributed by atoms with E-state index in [1.165, 1.54) is 0 Å². The highest BCUT2D eigenvalue weighted by Gasteiger charge is 2.53. The molecule has 2 heteroatoms. The van der Waals surface area contributed by atoms with Crippen LogP contribution in [0.1, 0.15) is 31.4 Å². The Morgan fingerprint density at radius 2 is 1.93 bits per heavy atom. The number of Topliss-reactive ketones (excluding diaryl/α,β-unsaturated/α-hetero) is 1. The van der Waals surface area contributed by atoms with E-state index >= 15 is 0 Å². The number of carbonyl (C=O) groups excluding carboxylic acids is 1. The maximum absolute atomic E-state index is 11.4. The summed E-state index contributed by atoms with van der Waals surface area (Å²) in [6.07, 6.45) is 1.01. The highest BCUT2D eigenvalue weighted by atomic mass is 16.3. The van der Waals surface area contributed by atoms with Crippen molar-refractivity contribution in [2.75, 3.05) is 0 Å². The van der Waals surface area contributed by atoms with Crippen LogP contribution in [0.4, 0.5) is 0 Å². The predicted molar refractivity (Wildman–Crippen MR) is 53.7 cm³/mol. The summed E-state index contributed by atoms with van der Waals surface area (Å²) in [7, 11) is 0. The molecule has 1 aromatic rings. The van der Waals surface area contributed by atoms with Crippen molar-refractivity contribution >= 4 is 5.78 Å². The van der Waals surface area contributed by atoms with E-state index in [1.807, 2.05) is 30.3 Å². The van der Waals surface area contributed by atoms with Crippen molar-refractivity contribution < 1.29 is 9.90 Å². The number of aliphatic hydroxyl groups is 1. The van der Waals surface area contributed by atoms with Crippen LogP contribution in [0.15, 0.2) is 30.3 Å². The van der Waals surface area contributed by atoms with E-state index in [1.54, 1.807) is 6.92 Å². The zero-order chi connectivity index (χ0) is 10.2. The monoisotopic (exact) mass is 190 g/mol. The van der Waals surface area contributed by atoms with Gasteiger partial charge in [0, 0.05) is 0 Å². The Morgan fingerprint density at radius 3 is 2.36 bits per heavy atom. The molecule has 0 heterocycles. The first-order chi connectivity index (χ1) is 6.67. The summed E-state index contributed by atoms with van der Waals surface area (Å²) >= 11 is 0. The van der Waals surface area contributed by atoms with Gasteiger partial charge in [-0.3, -0.25) is 4.79 Å². The molecule has 1 aliphatic carbocycles. The normalized spacial score (nSPS) is 20.1. The molecule has 2 nitrogen and oxygen atoms in total. The van der Waals surface area contributed by atoms with E-state index in [0.717, 1.165) is 18.4 Å². The molecule has 1 aromatic carbocycles. The Bertz CT molecular complexity index is 339. The van der Waals surface area contributed by atoms with Crippen LogP contribution in [-0.2, 0) is 4.79 Å². The van der Waals surface area contributed by atoms with Crippen molar-refractivity contribution in [3.05, 3.63) is 35.9 Å². The van der Waals surface area contributed by atoms with Crippen LogP contribution in [0.3, 0.4) is 0 Å². The molecule has 1 atom stereocenters. The van der Waals surface area contributed by atoms with E-state index in [-0.39, 0.29) is 5.78 Å². The summed E-state index contributed by atoms with van der Waals surface area (Å²) in [5, 5.41) is 10.1. The molecule has 0 radical (unpaired) electrons. The Hall–Kier alpha value is -1.15. The van der Waals surface area contributed by atoms with Gasteiger partial charge >= 0.3 is 0 Å². The fourth-order valence-electron chi connectivity index (χ4n) is 1.91. The van der Waals surface area contributed by atoms with E-state index in [0.29, 0.717) is 0 Å². The first-order valence-electron chi connectivity index (χ1n) is 4.91. The average molecular weight is 190 g/mol. The van der Waals surface area contributed by atoms with Crippen LogP contribution >= 0.6 is 0 Å². The first kappa shape index (κ1) is 9.41. The van der Waals surface area contributed by atoms with Gasteiger partial charge in [-0.25, -0.2) is 0 Å². The Kier molecular flexibility index (Phi) is 2.16. The molecule has 2 rings (SSSR count). The van der Waals surface area contributed by atoms with Gasteiger partial charge in [-0.2, -0.15) is 0 Å². The van der Waals surface area contributed by atoms with Gasteiger partial charge in [0.2, 0.25) is 0 Å². The second kappa shape index (κ2) is 3.21. The standard InChI is InChI=1S/C12H14O2/c1-9(13)12(7-8-12)11(14)10-5-3-2-4-6-10/h2-6,11,14H,7-8H2,1H3. The predicted octanol–water partition coefficient (Wildman–Crippen LogP) is 2.09. The highest BCUT2D eigenvalue weighted by Crippen LogP contribution is 2.55. The number of rotatable bonds is 3. The van der Waals surface area contributed by atoms with E-state index in [4.69, 9.17) is 0 Å². The minimum absolute atomic E-state index is 0.105. The Balaban J connectivity index is 2.25. The van der Waals surface area contributed by atoms with Crippen molar-refractivity contribution in [2.45, 2.75) is 25.9 Å². The van der Waals surface area contributed by atoms with E-state index < -0.39 is 11.5 Å². The van der Waals surface area contributed by atoms with Crippen molar-refractivity contribution in [3.8, 4) is 0 Å². The van der Waals surface area contributed by atoms with Gasteiger partial charge in [0.1, 0.15) is 5.78 Å². The number of ketones is 1. The second-order valence-electron chi connectivity index (χ2n) is 4.03. The SMILES string of the molecule is CC(=O)C1(C(O)c2ccccc2)CC1. The molecule has 0 aliphatic heterocycles. The minimum atomic E-state index is -0.624. The topological polar surface area (TPSA) is 37.3 Å².